The topological polar surface area (TPSA) is 308 Å². The Balaban J connectivity index is 2.82. The number of rotatable bonds is 20. The molecule has 20 nitrogen and oxygen atoms in total. The van der Waals surface area contributed by atoms with Crippen molar-refractivity contribution in [3.63, 3.8) is 0 Å². The molecule has 0 spiro atoms. The third-order valence-corrected chi connectivity index (χ3v) is 9.74. The first-order valence-corrected chi connectivity index (χ1v) is 18.7. The highest BCUT2D eigenvalue weighted by atomic mass is 16.6. The van der Waals surface area contributed by atoms with E-state index in [4.69, 9.17) is 4.84 Å². The van der Waals surface area contributed by atoms with Gasteiger partial charge in [0.2, 0.25) is 11.8 Å². The molecule has 0 aliphatic carbocycles. The Bertz CT molecular complexity index is 1850. The van der Waals surface area contributed by atoms with Crippen LogP contribution in [0.1, 0.15) is 88.7 Å². The van der Waals surface area contributed by atoms with E-state index in [0.717, 1.165) is 9.80 Å². The minimum absolute atomic E-state index is 0.0352. The van der Waals surface area contributed by atoms with Crippen LogP contribution in [0.5, 0.6) is 0 Å². The lowest BCUT2D eigenvalue weighted by Crippen LogP contribution is -2.45. The predicted octanol–water partition coefficient (Wildman–Crippen LogP) is -2.16. The zero-order chi connectivity index (χ0) is 45.0. The fraction of sp³-hybridized carbons (Fsp3) is 0.538. The SMILES string of the molecule is CONC(=O)c1c(C)c(C(=O)NCC(O)CO)c(C)c(N(CC(O)CN(C(C)=O)c2c(C)c(C(=O)NCC(O)CO)c(C)c(C(=O)NCC(O)CO)c2C)C(C)=O)c1C. The lowest BCUT2D eigenvalue weighted by atomic mass is 9.89. The van der Waals surface area contributed by atoms with E-state index in [2.05, 4.69) is 21.4 Å². The Labute approximate surface area is 342 Å². The average Bonchev–Trinajstić information content (AvgIpc) is 3.16. The van der Waals surface area contributed by atoms with Gasteiger partial charge in [0.05, 0.1) is 81.4 Å². The molecule has 20 heteroatoms. The van der Waals surface area contributed by atoms with E-state index in [1.54, 1.807) is 0 Å². The van der Waals surface area contributed by atoms with E-state index in [-0.39, 0.29) is 86.6 Å². The minimum Gasteiger partial charge on any atom is -0.394 e. The molecule has 0 saturated carbocycles. The van der Waals surface area contributed by atoms with Crippen molar-refractivity contribution in [2.24, 2.45) is 0 Å². The van der Waals surface area contributed by atoms with Gasteiger partial charge in [-0.15, -0.1) is 0 Å². The molecule has 0 heterocycles. The molecule has 2 aromatic carbocycles. The standard InChI is InChI=1S/C39H58N6O14/c1-18-30(36(55)40-10-26(51)15-46)20(3)34(21(4)31(18)37(56)41-11-27(52)16-47)44(24(7)49)13-29(54)14-45(25(8)50)35-22(5)32(38(57)42-12-28(53)17-48)19(2)33(23(35)6)39(58)43-59-9/h26-29,46-48,51-54H,10-17H2,1-9H3,(H,40,55)(H,41,56)(H,42,57)(H,43,58). The Morgan fingerprint density at radius 3 is 1.00 bits per heavy atom. The van der Waals surface area contributed by atoms with Crippen LogP contribution in [0.25, 0.3) is 0 Å². The molecule has 0 aliphatic rings. The number of anilines is 2. The van der Waals surface area contributed by atoms with Gasteiger partial charge in [0.1, 0.15) is 0 Å². The van der Waals surface area contributed by atoms with E-state index in [9.17, 15) is 64.5 Å². The van der Waals surface area contributed by atoms with Crippen LogP contribution in [0, 0.1) is 41.5 Å². The highest BCUT2D eigenvalue weighted by Crippen LogP contribution is 2.37. The van der Waals surface area contributed by atoms with Crippen molar-refractivity contribution in [2.75, 3.05) is 69.5 Å². The number of amides is 6. The molecule has 2 rings (SSSR count). The summed E-state index contributed by atoms with van der Waals surface area (Å²) >= 11 is 0. The van der Waals surface area contributed by atoms with E-state index in [0.29, 0.717) is 0 Å². The number of hydroxylamine groups is 1. The molecule has 0 aromatic heterocycles. The van der Waals surface area contributed by atoms with Crippen molar-refractivity contribution in [3.8, 4) is 0 Å². The largest absolute Gasteiger partial charge is 0.394 e. The van der Waals surface area contributed by atoms with Crippen molar-refractivity contribution >= 4 is 46.8 Å². The Morgan fingerprint density at radius 1 is 0.492 bits per heavy atom. The lowest BCUT2D eigenvalue weighted by Gasteiger charge is -2.33. The van der Waals surface area contributed by atoms with Gasteiger partial charge in [-0.2, -0.15) is 0 Å². The maximum absolute atomic E-state index is 13.6. The molecule has 0 bridgehead atoms. The summed E-state index contributed by atoms with van der Waals surface area (Å²) in [4.78, 5) is 88.1. The fourth-order valence-corrected chi connectivity index (χ4v) is 7.05. The number of nitrogens with one attached hydrogen (secondary N) is 4. The fourth-order valence-electron chi connectivity index (χ4n) is 7.05. The highest BCUT2D eigenvalue weighted by molar-refractivity contribution is 6.09. The van der Waals surface area contributed by atoms with E-state index in [1.807, 2.05) is 0 Å². The smallest absolute Gasteiger partial charge is 0.275 e. The van der Waals surface area contributed by atoms with E-state index >= 15 is 0 Å². The molecule has 2 aromatic rings. The van der Waals surface area contributed by atoms with Gasteiger partial charge in [-0.3, -0.25) is 33.6 Å². The van der Waals surface area contributed by atoms with Crippen LogP contribution in [0.3, 0.4) is 0 Å². The molecule has 59 heavy (non-hydrogen) atoms. The summed E-state index contributed by atoms with van der Waals surface area (Å²) in [5.74, 6) is -4.33. The summed E-state index contributed by atoms with van der Waals surface area (Å²) < 4.78 is 0. The quantitative estimate of drug-likeness (QED) is 0.0634. The van der Waals surface area contributed by atoms with Crippen molar-refractivity contribution in [1.29, 1.82) is 0 Å². The third-order valence-electron chi connectivity index (χ3n) is 9.74. The van der Waals surface area contributed by atoms with Crippen molar-refractivity contribution < 1.29 is 69.4 Å². The lowest BCUT2D eigenvalue weighted by molar-refractivity contribution is -0.117. The molecule has 11 N–H and O–H groups in total. The molecule has 0 fully saturated rings. The second-order valence-corrected chi connectivity index (χ2v) is 14.1. The van der Waals surface area contributed by atoms with Crippen LogP contribution >= 0.6 is 0 Å². The summed E-state index contributed by atoms with van der Waals surface area (Å²) in [7, 11) is 1.20. The van der Waals surface area contributed by atoms with E-state index < -0.39 is 92.8 Å². The van der Waals surface area contributed by atoms with Gasteiger partial charge in [0, 0.05) is 50.2 Å². The number of hydrogen-bond donors (Lipinski definition) is 11. The zero-order valence-electron chi connectivity index (χ0n) is 34.8. The number of aliphatic hydroxyl groups excluding tert-OH is 7. The Hall–Kier alpha value is -5.06. The summed E-state index contributed by atoms with van der Waals surface area (Å²) in [6.45, 7) is 7.36. The monoisotopic (exact) mass is 834 g/mol. The predicted molar refractivity (Wildman–Crippen MR) is 214 cm³/mol. The van der Waals surface area contributed by atoms with Crippen LogP contribution in [0.4, 0.5) is 11.4 Å². The Morgan fingerprint density at radius 2 is 0.763 bits per heavy atom. The first kappa shape index (κ1) is 50.1. The maximum atomic E-state index is 13.6. The van der Waals surface area contributed by atoms with Crippen LogP contribution in [0.15, 0.2) is 0 Å². The summed E-state index contributed by atoms with van der Waals surface area (Å²) in [6, 6.07) is 0. The molecule has 0 saturated heterocycles. The molecular formula is C39H58N6O14. The van der Waals surface area contributed by atoms with Crippen LogP contribution in [-0.2, 0) is 14.4 Å². The molecule has 0 radical (unpaired) electrons. The minimum atomic E-state index is -1.56. The molecule has 6 amide bonds. The van der Waals surface area contributed by atoms with Gasteiger partial charge in [0.15, 0.2) is 0 Å². The number of hydrogen-bond acceptors (Lipinski definition) is 14. The van der Waals surface area contributed by atoms with Crippen molar-refractivity contribution in [2.45, 2.75) is 79.8 Å². The average molecular weight is 835 g/mol. The molecule has 4 atom stereocenters. The summed E-state index contributed by atoms with van der Waals surface area (Å²) in [5, 5.41) is 76.7. The van der Waals surface area contributed by atoms with Crippen LogP contribution in [0.2, 0.25) is 0 Å². The first-order chi connectivity index (χ1) is 27.6. The van der Waals surface area contributed by atoms with E-state index in [1.165, 1.54) is 62.5 Å². The van der Waals surface area contributed by atoms with Crippen molar-refractivity contribution in [3.05, 3.63) is 55.6 Å². The number of carbonyl (C=O) groups is 6. The second kappa shape index (κ2) is 22.3. The first-order valence-electron chi connectivity index (χ1n) is 18.7. The zero-order valence-corrected chi connectivity index (χ0v) is 34.8. The number of benzene rings is 2. The molecule has 4 unspecified atom stereocenters. The number of nitrogens with zero attached hydrogens (tertiary/aromatic N) is 2. The van der Waals surface area contributed by atoms with Gasteiger partial charge >= 0.3 is 0 Å². The van der Waals surface area contributed by atoms with Crippen LogP contribution < -0.4 is 31.2 Å². The van der Waals surface area contributed by atoms with Gasteiger partial charge in [-0.25, -0.2) is 5.48 Å². The molecule has 0 aliphatic heterocycles. The normalized spacial score (nSPS) is 13.2. The molecular weight excluding hydrogens is 776 g/mol. The molecule has 328 valence electrons. The summed E-state index contributed by atoms with van der Waals surface area (Å²) in [6.07, 6.45) is -5.47. The number of carbonyl (C=O) groups excluding carboxylic acids is 6. The van der Waals surface area contributed by atoms with Gasteiger partial charge < -0.3 is 61.5 Å². The maximum Gasteiger partial charge on any atom is 0.275 e. The van der Waals surface area contributed by atoms with Gasteiger partial charge in [-0.05, 0) is 74.9 Å². The Kier molecular flexibility index (Phi) is 19.0. The second-order valence-electron chi connectivity index (χ2n) is 14.1. The van der Waals surface area contributed by atoms with Gasteiger partial charge in [-0.1, -0.05) is 0 Å². The van der Waals surface area contributed by atoms with Crippen LogP contribution in [-0.4, -0.2) is 155 Å². The third kappa shape index (κ3) is 12.0. The number of aliphatic hydroxyl groups is 7. The van der Waals surface area contributed by atoms with Crippen molar-refractivity contribution in [1.82, 2.24) is 21.4 Å². The summed E-state index contributed by atoms with van der Waals surface area (Å²) in [5.41, 5.74) is 3.28. The van der Waals surface area contributed by atoms with Gasteiger partial charge in [0.25, 0.3) is 23.6 Å². The highest BCUT2D eigenvalue weighted by Gasteiger charge is 2.33.